The third-order valence-corrected chi connectivity index (χ3v) is 6.92. The van der Waals surface area contributed by atoms with Crippen LogP contribution in [0.15, 0.2) is 18.2 Å². The summed E-state index contributed by atoms with van der Waals surface area (Å²) in [6.45, 7) is 8.06. The van der Waals surface area contributed by atoms with Crippen LogP contribution in [0.5, 0.6) is 11.5 Å². The van der Waals surface area contributed by atoms with E-state index in [4.69, 9.17) is 9.47 Å². The van der Waals surface area contributed by atoms with E-state index in [9.17, 15) is 9.59 Å². The third kappa shape index (κ3) is 4.20. The molecule has 0 fully saturated rings. The smallest absolute Gasteiger partial charge is 0.308 e. The predicted molar refractivity (Wildman–Crippen MR) is 116 cm³/mol. The van der Waals surface area contributed by atoms with Crippen molar-refractivity contribution < 1.29 is 19.1 Å². The Hall–Kier alpha value is -1.89. The first-order chi connectivity index (χ1) is 13.3. The molecule has 2 heterocycles. The number of nitrogens with one attached hydrogen (secondary N) is 1. The maximum Gasteiger partial charge on any atom is 0.308 e. The minimum Gasteiger partial charge on any atom is -0.423 e. The number of esters is 2. The fraction of sp³-hybridized carbons (Fsp3) is 0.455. The summed E-state index contributed by atoms with van der Waals surface area (Å²) >= 11 is 1.88. The average molecular weight is 436 g/mol. The number of fused-ring (bicyclic) bond motifs is 5. The molecular weight excluding hydrogens is 410 g/mol. The van der Waals surface area contributed by atoms with Crippen molar-refractivity contribution >= 4 is 35.7 Å². The van der Waals surface area contributed by atoms with Crippen molar-refractivity contribution in [3.63, 3.8) is 0 Å². The molecule has 2 atom stereocenters. The number of hydrogen-bond acceptors (Lipinski definition) is 6. The fourth-order valence-electron chi connectivity index (χ4n) is 4.27. The van der Waals surface area contributed by atoms with Gasteiger partial charge < -0.3 is 14.8 Å². The van der Waals surface area contributed by atoms with Gasteiger partial charge in [-0.15, -0.1) is 23.7 Å². The van der Waals surface area contributed by atoms with Gasteiger partial charge in [-0.25, -0.2) is 0 Å². The lowest BCUT2D eigenvalue weighted by molar-refractivity contribution is -0.134. The Morgan fingerprint density at radius 3 is 2.34 bits per heavy atom. The Balaban J connectivity index is 0.00000240. The van der Waals surface area contributed by atoms with Gasteiger partial charge in [0.2, 0.25) is 0 Å². The van der Waals surface area contributed by atoms with Crippen LogP contribution < -0.4 is 14.8 Å². The van der Waals surface area contributed by atoms with Crippen molar-refractivity contribution in [2.75, 3.05) is 0 Å². The van der Waals surface area contributed by atoms with Crippen molar-refractivity contribution in [3.05, 3.63) is 44.6 Å². The highest BCUT2D eigenvalue weighted by Crippen LogP contribution is 2.47. The van der Waals surface area contributed by atoms with Gasteiger partial charge in [0.05, 0.1) is 0 Å². The number of benzene rings is 1. The van der Waals surface area contributed by atoms with Gasteiger partial charge in [-0.3, -0.25) is 9.59 Å². The molecule has 0 radical (unpaired) electrons. The molecule has 156 valence electrons. The maximum atomic E-state index is 11.6. The maximum absolute atomic E-state index is 11.6. The molecule has 1 aromatic carbocycles. The van der Waals surface area contributed by atoms with E-state index in [-0.39, 0.29) is 18.3 Å². The van der Waals surface area contributed by atoms with Crippen LogP contribution in [0.1, 0.15) is 72.4 Å². The first-order valence-corrected chi connectivity index (χ1v) is 10.5. The molecule has 0 saturated heterocycles. The summed E-state index contributed by atoms with van der Waals surface area (Å²) in [5, 5.41) is 3.69. The molecule has 1 aliphatic heterocycles. The number of aryl methyl sites for hydroxylation is 1. The Labute approximate surface area is 181 Å². The van der Waals surface area contributed by atoms with Crippen LogP contribution in [-0.2, 0) is 22.6 Å². The number of hydrogen-bond donors (Lipinski definition) is 1. The molecule has 5 nitrogen and oxygen atoms in total. The van der Waals surface area contributed by atoms with Crippen LogP contribution >= 0.6 is 23.7 Å². The summed E-state index contributed by atoms with van der Waals surface area (Å²) < 4.78 is 10.7. The Kier molecular flexibility index (Phi) is 6.36. The molecule has 0 saturated carbocycles. The topological polar surface area (TPSA) is 64.6 Å². The molecule has 1 aliphatic carbocycles. The summed E-state index contributed by atoms with van der Waals surface area (Å²) in [4.78, 5) is 25.9. The molecule has 2 aliphatic rings. The summed E-state index contributed by atoms with van der Waals surface area (Å²) in [5.41, 5.74) is 3.69. The first kappa shape index (κ1) is 21.8. The molecule has 0 unspecified atom stereocenters. The van der Waals surface area contributed by atoms with Crippen LogP contribution in [0.4, 0.5) is 0 Å². The minimum atomic E-state index is -0.430. The van der Waals surface area contributed by atoms with Crippen molar-refractivity contribution in [1.82, 2.24) is 5.32 Å². The molecular formula is C22H26ClNO4S. The molecule has 0 amide bonds. The van der Waals surface area contributed by atoms with E-state index in [1.54, 1.807) is 0 Å². The molecule has 0 bridgehead atoms. The van der Waals surface area contributed by atoms with Crippen molar-refractivity contribution in [1.29, 1.82) is 0 Å². The fourth-order valence-corrected chi connectivity index (χ4v) is 5.43. The van der Waals surface area contributed by atoms with Gasteiger partial charge in [0.25, 0.3) is 0 Å². The number of carbonyl (C=O) groups is 2. The quantitative estimate of drug-likeness (QED) is 0.559. The summed E-state index contributed by atoms with van der Waals surface area (Å²) in [7, 11) is 0. The van der Waals surface area contributed by atoms with E-state index in [0.717, 1.165) is 30.5 Å². The van der Waals surface area contributed by atoms with Crippen LogP contribution in [0.2, 0.25) is 0 Å². The van der Waals surface area contributed by atoms with Gasteiger partial charge in [0, 0.05) is 42.1 Å². The normalized spacial score (nSPS) is 19.5. The molecule has 0 spiro atoms. The van der Waals surface area contributed by atoms with Gasteiger partial charge >= 0.3 is 11.9 Å². The predicted octanol–water partition coefficient (Wildman–Crippen LogP) is 4.69. The van der Waals surface area contributed by atoms with E-state index in [1.807, 2.05) is 23.5 Å². The largest absolute Gasteiger partial charge is 0.423 e. The Morgan fingerprint density at radius 1 is 1.07 bits per heavy atom. The highest BCUT2D eigenvalue weighted by atomic mass is 35.5. The van der Waals surface area contributed by atoms with E-state index < -0.39 is 11.9 Å². The molecule has 1 N–H and O–H groups in total. The highest BCUT2D eigenvalue weighted by Gasteiger charge is 2.37. The molecule has 1 aromatic heterocycles. The van der Waals surface area contributed by atoms with Gasteiger partial charge in [-0.1, -0.05) is 13.8 Å². The Bertz CT molecular complexity index is 953. The number of carbonyl (C=O) groups excluding carboxylic acids is 2. The zero-order valence-electron chi connectivity index (χ0n) is 17.0. The van der Waals surface area contributed by atoms with Crippen LogP contribution in [-0.4, -0.2) is 18.0 Å². The van der Waals surface area contributed by atoms with Crippen LogP contribution in [0, 0.1) is 0 Å². The highest BCUT2D eigenvalue weighted by molar-refractivity contribution is 7.12. The van der Waals surface area contributed by atoms with Gasteiger partial charge in [0.1, 0.15) is 0 Å². The second-order valence-electron chi connectivity index (χ2n) is 7.87. The Morgan fingerprint density at radius 2 is 1.72 bits per heavy atom. The molecule has 4 rings (SSSR count). The second kappa shape index (κ2) is 8.46. The molecule has 7 heteroatoms. The van der Waals surface area contributed by atoms with Gasteiger partial charge in [-0.05, 0) is 53.6 Å². The van der Waals surface area contributed by atoms with Crippen molar-refractivity contribution in [2.45, 2.75) is 65.0 Å². The van der Waals surface area contributed by atoms with Crippen LogP contribution in [0.3, 0.4) is 0 Å². The van der Waals surface area contributed by atoms with E-state index in [1.165, 1.54) is 29.2 Å². The lowest BCUT2D eigenvalue weighted by atomic mass is 9.74. The van der Waals surface area contributed by atoms with Crippen molar-refractivity contribution in [3.8, 4) is 11.5 Å². The van der Waals surface area contributed by atoms with Crippen molar-refractivity contribution in [2.24, 2.45) is 0 Å². The summed E-state index contributed by atoms with van der Waals surface area (Å²) in [5.74, 6) is 0.492. The van der Waals surface area contributed by atoms with E-state index >= 15 is 0 Å². The zero-order chi connectivity index (χ0) is 20.0. The lowest BCUT2D eigenvalue weighted by Gasteiger charge is -2.38. The SMILES string of the molecule is CC(=O)Oc1cc2c(cc1OC(C)=O)[C@H]1c3cc(C(C)C)sc3CN[C@@H]1CC2.Cl. The van der Waals surface area contributed by atoms with E-state index in [0.29, 0.717) is 23.5 Å². The first-order valence-electron chi connectivity index (χ1n) is 9.73. The number of halogens is 1. The summed E-state index contributed by atoms with van der Waals surface area (Å²) in [6.07, 6.45) is 1.92. The number of thiophene rings is 1. The number of rotatable bonds is 3. The molecule has 29 heavy (non-hydrogen) atoms. The minimum absolute atomic E-state index is 0. The second-order valence-corrected chi connectivity index (χ2v) is 9.04. The zero-order valence-corrected chi connectivity index (χ0v) is 18.7. The van der Waals surface area contributed by atoms with E-state index in [2.05, 4.69) is 25.2 Å². The third-order valence-electron chi connectivity index (χ3n) is 5.46. The molecule has 2 aromatic rings. The van der Waals surface area contributed by atoms with Gasteiger partial charge in [-0.2, -0.15) is 0 Å². The van der Waals surface area contributed by atoms with Crippen LogP contribution in [0.25, 0.3) is 0 Å². The number of ether oxygens (including phenoxy) is 2. The standard InChI is InChI=1S/C22H25NO4S.ClH/c1-11(2)20-9-16-21(28-20)10-23-17-6-5-14-7-18(26-12(3)24)19(27-13(4)25)8-15(14)22(16)17;/h7-9,11,17,22-23H,5-6,10H2,1-4H3;1H/t17-,22+;/m1./s1. The lowest BCUT2D eigenvalue weighted by Crippen LogP contribution is -2.42. The van der Waals surface area contributed by atoms with Gasteiger partial charge in [0.15, 0.2) is 11.5 Å². The average Bonchev–Trinajstić information content (AvgIpc) is 3.05. The monoisotopic (exact) mass is 435 g/mol. The summed E-state index contributed by atoms with van der Waals surface area (Å²) in [6, 6.07) is 6.48.